The molecule has 118 valence electrons. The predicted octanol–water partition coefficient (Wildman–Crippen LogP) is 4.04. The first-order valence-electron chi connectivity index (χ1n) is 9.04. The Kier molecular flexibility index (Phi) is 5.92. The van der Waals surface area contributed by atoms with E-state index in [1.54, 1.807) is 0 Å². The standard InChI is InChI=1S/C18H36N2/c1-4-6-17-7-5-9-18(14-19,10-8-17)20-12-15(2)11-16(3)13-20/h15-17H,4-14,19H2,1-3H3. The van der Waals surface area contributed by atoms with E-state index in [9.17, 15) is 0 Å². The normalized spacial score (nSPS) is 40.5. The van der Waals surface area contributed by atoms with Gasteiger partial charge in [-0.3, -0.25) is 4.90 Å². The molecule has 1 saturated carbocycles. The lowest BCUT2D eigenvalue weighted by Crippen LogP contribution is -2.58. The van der Waals surface area contributed by atoms with Gasteiger partial charge in [-0.15, -0.1) is 0 Å². The molecule has 0 amide bonds. The van der Waals surface area contributed by atoms with Crippen LogP contribution in [0.1, 0.15) is 72.1 Å². The summed E-state index contributed by atoms with van der Waals surface area (Å²) in [4.78, 5) is 2.79. The van der Waals surface area contributed by atoms with Crippen molar-refractivity contribution in [3.8, 4) is 0 Å². The molecule has 0 aromatic heterocycles. The molecule has 1 saturated heterocycles. The highest BCUT2D eigenvalue weighted by Gasteiger charge is 2.40. The Labute approximate surface area is 126 Å². The highest BCUT2D eigenvalue weighted by Crippen LogP contribution is 2.38. The molecule has 2 nitrogen and oxygen atoms in total. The third-order valence-corrected chi connectivity index (χ3v) is 5.89. The summed E-state index contributed by atoms with van der Waals surface area (Å²) in [7, 11) is 0. The van der Waals surface area contributed by atoms with Crippen LogP contribution < -0.4 is 5.73 Å². The molecule has 2 aliphatic rings. The van der Waals surface area contributed by atoms with Gasteiger partial charge in [0.2, 0.25) is 0 Å². The smallest absolute Gasteiger partial charge is 0.0332 e. The van der Waals surface area contributed by atoms with Crippen molar-refractivity contribution < 1.29 is 0 Å². The molecule has 0 aromatic rings. The quantitative estimate of drug-likeness (QED) is 0.787. The molecule has 1 heterocycles. The minimum atomic E-state index is 0.325. The lowest BCUT2D eigenvalue weighted by atomic mass is 9.82. The van der Waals surface area contributed by atoms with E-state index in [1.165, 1.54) is 64.5 Å². The van der Waals surface area contributed by atoms with Crippen molar-refractivity contribution >= 4 is 0 Å². The van der Waals surface area contributed by atoms with E-state index in [1.807, 2.05) is 0 Å². The van der Waals surface area contributed by atoms with Crippen LogP contribution in [0.25, 0.3) is 0 Å². The number of hydrogen-bond donors (Lipinski definition) is 1. The maximum Gasteiger partial charge on any atom is 0.0332 e. The molecule has 2 fully saturated rings. The molecule has 4 unspecified atom stereocenters. The van der Waals surface area contributed by atoms with E-state index in [4.69, 9.17) is 5.73 Å². The maximum absolute atomic E-state index is 6.31. The van der Waals surface area contributed by atoms with Crippen molar-refractivity contribution in [3.05, 3.63) is 0 Å². The van der Waals surface area contributed by atoms with Crippen molar-refractivity contribution in [3.63, 3.8) is 0 Å². The van der Waals surface area contributed by atoms with E-state index >= 15 is 0 Å². The van der Waals surface area contributed by atoms with Gasteiger partial charge in [-0.1, -0.05) is 46.5 Å². The van der Waals surface area contributed by atoms with Crippen molar-refractivity contribution in [2.75, 3.05) is 19.6 Å². The summed E-state index contributed by atoms with van der Waals surface area (Å²) >= 11 is 0. The van der Waals surface area contributed by atoms with Crippen LogP contribution in [0.3, 0.4) is 0 Å². The molecule has 2 rings (SSSR count). The largest absolute Gasteiger partial charge is 0.329 e. The van der Waals surface area contributed by atoms with Crippen LogP contribution in [-0.4, -0.2) is 30.1 Å². The van der Waals surface area contributed by atoms with Gasteiger partial charge >= 0.3 is 0 Å². The molecule has 20 heavy (non-hydrogen) atoms. The molecular formula is C18H36N2. The fraction of sp³-hybridized carbons (Fsp3) is 1.00. The zero-order valence-corrected chi connectivity index (χ0v) is 14.0. The van der Waals surface area contributed by atoms with E-state index in [2.05, 4.69) is 25.7 Å². The molecule has 1 aliphatic carbocycles. The van der Waals surface area contributed by atoms with Crippen LogP contribution in [0.5, 0.6) is 0 Å². The number of piperidine rings is 1. The molecule has 1 aliphatic heterocycles. The predicted molar refractivity (Wildman–Crippen MR) is 87.8 cm³/mol. The van der Waals surface area contributed by atoms with Crippen LogP contribution in [-0.2, 0) is 0 Å². The fourth-order valence-electron chi connectivity index (χ4n) is 4.86. The van der Waals surface area contributed by atoms with E-state index < -0.39 is 0 Å². The van der Waals surface area contributed by atoms with Gasteiger partial charge in [0.15, 0.2) is 0 Å². The van der Waals surface area contributed by atoms with Gasteiger partial charge in [0, 0.05) is 25.2 Å². The molecule has 0 bridgehead atoms. The molecule has 0 radical (unpaired) electrons. The second kappa shape index (κ2) is 7.26. The van der Waals surface area contributed by atoms with Crippen LogP contribution in [0.15, 0.2) is 0 Å². The Balaban J connectivity index is 2.04. The van der Waals surface area contributed by atoms with Crippen LogP contribution >= 0.6 is 0 Å². The summed E-state index contributed by atoms with van der Waals surface area (Å²) in [6.45, 7) is 10.6. The zero-order valence-electron chi connectivity index (χ0n) is 14.0. The zero-order chi connectivity index (χ0) is 14.6. The number of nitrogens with zero attached hydrogens (tertiary/aromatic N) is 1. The Hall–Kier alpha value is -0.0800. The van der Waals surface area contributed by atoms with Gasteiger partial charge < -0.3 is 5.73 Å². The van der Waals surface area contributed by atoms with Gasteiger partial charge in [-0.05, 0) is 43.4 Å². The molecule has 2 N–H and O–H groups in total. The maximum atomic E-state index is 6.31. The van der Waals surface area contributed by atoms with Gasteiger partial charge in [0.05, 0.1) is 0 Å². The van der Waals surface area contributed by atoms with Crippen LogP contribution in [0.4, 0.5) is 0 Å². The van der Waals surface area contributed by atoms with Gasteiger partial charge in [-0.25, -0.2) is 0 Å². The summed E-state index contributed by atoms with van der Waals surface area (Å²) in [6, 6.07) is 0. The molecular weight excluding hydrogens is 244 g/mol. The molecule has 4 atom stereocenters. The first kappa shape index (κ1) is 16.3. The third-order valence-electron chi connectivity index (χ3n) is 5.89. The van der Waals surface area contributed by atoms with Gasteiger partial charge in [0.1, 0.15) is 0 Å². The van der Waals surface area contributed by atoms with Gasteiger partial charge in [-0.2, -0.15) is 0 Å². The topological polar surface area (TPSA) is 29.3 Å². The minimum Gasteiger partial charge on any atom is -0.329 e. The highest BCUT2D eigenvalue weighted by molar-refractivity contribution is 4.96. The summed E-state index contributed by atoms with van der Waals surface area (Å²) in [6.07, 6.45) is 11.1. The number of rotatable bonds is 4. The number of nitrogens with two attached hydrogens (primary N) is 1. The highest BCUT2D eigenvalue weighted by atomic mass is 15.2. The van der Waals surface area contributed by atoms with Crippen molar-refractivity contribution in [1.82, 2.24) is 4.90 Å². The average molecular weight is 281 g/mol. The first-order chi connectivity index (χ1) is 9.59. The van der Waals surface area contributed by atoms with Crippen molar-refractivity contribution in [1.29, 1.82) is 0 Å². The van der Waals surface area contributed by atoms with E-state index in [0.717, 1.165) is 24.3 Å². The second-order valence-corrected chi connectivity index (χ2v) is 7.87. The second-order valence-electron chi connectivity index (χ2n) is 7.87. The van der Waals surface area contributed by atoms with Crippen LogP contribution in [0.2, 0.25) is 0 Å². The molecule has 0 spiro atoms. The monoisotopic (exact) mass is 280 g/mol. The third kappa shape index (κ3) is 3.76. The number of hydrogen-bond acceptors (Lipinski definition) is 2. The summed E-state index contributed by atoms with van der Waals surface area (Å²) in [5.41, 5.74) is 6.63. The number of likely N-dealkylation sites (tertiary alicyclic amines) is 1. The van der Waals surface area contributed by atoms with E-state index in [-0.39, 0.29) is 0 Å². The SMILES string of the molecule is CCCC1CCCC(CN)(N2CC(C)CC(C)C2)CC1. The molecule has 0 aromatic carbocycles. The van der Waals surface area contributed by atoms with Crippen molar-refractivity contribution in [2.24, 2.45) is 23.5 Å². The minimum absolute atomic E-state index is 0.325. The Bertz CT molecular complexity index is 281. The summed E-state index contributed by atoms with van der Waals surface area (Å²) in [5, 5.41) is 0. The average Bonchev–Trinajstić information content (AvgIpc) is 2.61. The summed E-state index contributed by atoms with van der Waals surface area (Å²) < 4.78 is 0. The van der Waals surface area contributed by atoms with Crippen molar-refractivity contribution in [2.45, 2.75) is 77.7 Å². The lowest BCUT2D eigenvalue weighted by molar-refractivity contribution is 0.0179. The Morgan fingerprint density at radius 1 is 1.10 bits per heavy atom. The first-order valence-corrected chi connectivity index (χ1v) is 9.04. The van der Waals surface area contributed by atoms with E-state index in [0.29, 0.717) is 5.54 Å². The lowest BCUT2D eigenvalue weighted by Gasteiger charge is -2.48. The fourth-order valence-corrected chi connectivity index (χ4v) is 4.86. The summed E-state index contributed by atoms with van der Waals surface area (Å²) in [5.74, 6) is 2.65. The Morgan fingerprint density at radius 2 is 1.80 bits per heavy atom. The van der Waals surface area contributed by atoms with Gasteiger partial charge in [0.25, 0.3) is 0 Å². The van der Waals surface area contributed by atoms with Crippen LogP contribution in [0, 0.1) is 17.8 Å². The Morgan fingerprint density at radius 3 is 2.40 bits per heavy atom. The molecule has 2 heteroatoms.